The Morgan fingerprint density at radius 2 is 1.66 bits per heavy atom. The van der Waals surface area contributed by atoms with Gasteiger partial charge in [0, 0.05) is 44.8 Å². The fourth-order valence-corrected chi connectivity index (χ4v) is 3.94. The molecule has 0 spiro atoms. The summed E-state index contributed by atoms with van der Waals surface area (Å²) in [6.07, 6.45) is 1.99. The van der Waals surface area contributed by atoms with Gasteiger partial charge in [-0.15, -0.1) is 0 Å². The van der Waals surface area contributed by atoms with Gasteiger partial charge in [-0.1, -0.05) is 37.3 Å². The minimum Gasteiger partial charge on any atom is -0.495 e. The molecule has 0 aliphatic carbocycles. The molecule has 1 aliphatic rings. The molecule has 0 aromatic heterocycles. The first kappa shape index (κ1) is 21.2. The lowest BCUT2D eigenvalue weighted by Crippen LogP contribution is -2.47. The van der Waals surface area contributed by atoms with E-state index in [1.165, 1.54) is 5.69 Å². The van der Waals surface area contributed by atoms with E-state index < -0.39 is 0 Å². The lowest BCUT2D eigenvalue weighted by molar-refractivity contribution is 0.0747. The Bertz CT molecular complexity index is 758. The molecule has 5 heteroatoms. The number of ether oxygens (including phenoxy) is 1. The monoisotopic (exact) mass is 395 g/mol. The van der Waals surface area contributed by atoms with Crippen LogP contribution >= 0.6 is 0 Å². The van der Waals surface area contributed by atoms with E-state index in [1.807, 2.05) is 47.4 Å². The summed E-state index contributed by atoms with van der Waals surface area (Å²) in [5.41, 5.74) is 1.96. The maximum absolute atomic E-state index is 12.8. The van der Waals surface area contributed by atoms with E-state index >= 15 is 0 Å². The number of para-hydroxylation sites is 2. The minimum absolute atomic E-state index is 0.147. The van der Waals surface area contributed by atoms with Crippen LogP contribution in [-0.4, -0.2) is 68.6 Å². The van der Waals surface area contributed by atoms with Crippen LogP contribution in [0, 0.1) is 0 Å². The SMILES string of the molecule is CCCN(CCCN1CCN(c2ccccc2OC)CC1)C(=O)c1ccccc1. The lowest BCUT2D eigenvalue weighted by atomic mass is 10.2. The van der Waals surface area contributed by atoms with Crippen LogP contribution in [0.4, 0.5) is 5.69 Å². The van der Waals surface area contributed by atoms with Gasteiger partial charge in [-0.3, -0.25) is 9.69 Å². The molecule has 3 rings (SSSR count). The molecular formula is C24H33N3O2. The highest BCUT2D eigenvalue weighted by Gasteiger charge is 2.20. The van der Waals surface area contributed by atoms with Gasteiger partial charge in [0.05, 0.1) is 12.8 Å². The average molecular weight is 396 g/mol. The zero-order valence-electron chi connectivity index (χ0n) is 17.7. The van der Waals surface area contributed by atoms with E-state index in [1.54, 1.807) is 7.11 Å². The molecular weight excluding hydrogens is 362 g/mol. The molecule has 0 N–H and O–H groups in total. The summed E-state index contributed by atoms with van der Waals surface area (Å²) in [5.74, 6) is 1.09. The van der Waals surface area contributed by atoms with Gasteiger partial charge in [-0.05, 0) is 43.7 Å². The van der Waals surface area contributed by atoms with Gasteiger partial charge in [0.15, 0.2) is 0 Å². The van der Waals surface area contributed by atoms with Crippen molar-refractivity contribution in [2.45, 2.75) is 19.8 Å². The quantitative estimate of drug-likeness (QED) is 0.648. The number of amides is 1. The number of carbonyl (C=O) groups is 1. The Kier molecular flexibility index (Phi) is 7.94. The summed E-state index contributed by atoms with van der Waals surface area (Å²) in [7, 11) is 1.73. The predicted octanol–water partition coefficient (Wildman–Crippen LogP) is 3.76. The van der Waals surface area contributed by atoms with Gasteiger partial charge < -0.3 is 14.5 Å². The summed E-state index contributed by atoms with van der Waals surface area (Å²) in [6.45, 7) is 8.87. The van der Waals surface area contributed by atoms with E-state index in [-0.39, 0.29) is 5.91 Å². The molecule has 5 nitrogen and oxygen atoms in total. The van der Waals surface area contributed by atoms with Crippen LogP contribution in [-0.2, 0) is 0 Å². The number of carbonyl (C=O) groups excluding carboxylic acids is 1. The van der Waals surface area contributed by atoms with E-state index in [9.17, 15) is 4.79 Å². The molecule has 1 aliphatic heterocycles. The van der Waals surface area contributed by atoms with Crippen molar-refractivity contribution in [3.8, 4) is 5.75 Å². The Morgan fingerprint density at radius 1 is 0.966 bits per heavy atom. The van der Waals surface area contributed by atoms with E-state index in [4.69, 9.17) is 4.74 Å². The van der Waals surface area contributed by atoms with Crippen molar-refractivity contribution in [3.63, 3.8) is 0 Å². The van der Waals surface area contributed by atoms with Gasteiger partial charge in [0.2, 0.25) is 0 Å². The first-order valence-corrected chi connectivity index (χ1v) is 10.7. The van der Waals surface area contributed by atoms with Gasteiger partial charge >= 0.3 is 0 Å². The molecule has 29 heavy (non-hydrogen) atoms. The normalized spacial score (nSPS) is 14.6. The van der Waals surface area contributed by atoms with Crippen LogP contribution in [0.3, 0.4) is 0 Å². The zero-order chi connectivity index (χ0) is 20.5. The Labute approximate surface area is 174 Å². The van der Waals surface area contributed by atoms with Crippen molar-refractivity contribution in [1.29, 1.82) is 0 Å². The van der Waals surface area contributed by atoms with Crippen molar-refractivity contribution in [2.75, 3.05) is 57.8 Å². The summed E-state index contributed by atoms with van der Waals surface area (Å²) in [5, 5.41) is 0. The molecule has 0 radical (unpaired) electrons. The van der Waals surface area contributed by atoms with Gasteiger partial charge in [-0.2, -0.15) is 0 Å². The molecule has 1 heterocycles. The Balaban J connectivity index is 1.46. The van der Waals surface area contributed by atoms with Crippen molar-refractivity contribution in [3.05, 3.63) is 60.2 Å². The second-order valence-electron chi connectivity index (χ2n) is 7.51. The van der Waals surface area contributed by atoms with Gasteiger partial charge in [-0.25, -0.2) is 0 Å². The molecule has 156 valence electrons. The molecule has 0 saturated carbocycles. The van der Waals surface area contributed by atoms with Gasteiger partial charge in [0.1, 0.15) is 5.75 Å². The number of methoxy groups -OCH3 is 1. The van der Waals surface area contributed by atoms with Crippen LogP contribution < -0.4 is 9.64 Å². The summed E-state index contributed by atoms with van der Waals surface area (Å²) in [6, 6.07) is 17.8. The Morgan fingerprint density at radius 3 is 2.34 bits per heavy atom. The van der Waals surface area contributed by atoms with Crippen LogP contribution in [0.15, 0.2) is 54.6 Å². The first-order chi connectivity index (χ1) is 14.2. The third kappa shape index (κ3) is 5.73. The first-order valence-electron chi connectivity index (χ1n) is 10.7. The van der Waals surface area contributed by atoms with Crippen molar-refractivity contribution >= 4 is 11.6 Å². The summed E-state index contributed by atoms with van der Waals surface area (Å²) >= 11 is 0. The average Bonchev–Trinajstić information content (AvgIpc) is 2.79. The van der Waals surface area contributed by atoms with Crippen molar-refractivity contribution < 1.29 is 9.53 Å². The molecule has 1 fully saturated rings. The minimum atomic E-state index is 0.147. The number of benzene rings is 2. The molecule has 0 bridgehead atoms. The maximum atomic E-state index is 12.8. The molecule has 2 aromatic carbocycles. The van der Waals surface area contributed by atoms with E-state index in [0.717, 1.165) is 70.0 Å². The van der Waals surface area contributed by atoms with Crippen LogP contribution in [0.25, 0.3) is 0 Å². The maximum Gasteiger partial charge on any atom is 0.253 e. The number of anilines is 1. The number of nitrogens with zero attached hydrogens (tertiary/aromatic N) is 3. The highest BCUT2D eigenvalue weighted by molar-refractivity contribution is 5.94. The number of rotatable bonds is 9. The molecule has 2 aromatic rings. The number of hydrogen-bond acceptors (Lipinski definition) is 4. The fraction of sp³-hybridized carbons (Fsp3) is 0.458. The lowest BCUT2D eigenvalue weighted by Gasteiger charge is -2.37. The van der Waals surface area contributed by atoms with E-state index in [0.29, 0.717) is 0 Å². The number of hydrogen-bond donors (Lipinski definition) is 0. The molecule has 0 atom stereocenters. The smallest absolute Gasteiger partial charge is 0.253 e. The zero-order valence-corrected chi connectivity index (χ0v) is 17.7. The van der Waals surface area contributed by atoms with Crippen molar-refractivity contribution in [1.82, 2.24) is 9.80 Å². The summed E-state index contributed by atoms with van der Waals surface area (Å²) < 4.78 is 5.51. The highest BCUT2D eigenvalue weighted by Crippen LogP contribution is 2.28. The van der Waals surface area contributed by atoms with Crippen molar-refractivity contribution in [2.24, 2.45) is 0 Å². The second kappa shape index (κ2) is 10.9. The number of piperazine rings is 1. The fourth-order valence-electron chi connectivity index (χ4n) is 3.94. The standard InChI is InChI=1S/C24H33N3O2/c1-3-14-27(24(28)21-10-5-4-6-11-21)16-9-15-25-17-19-26(20-18-25)22-12-7-8-13-23(22)29-2/h4-8,10-13H,3,9,14-20H2,1-2H3. The molecule has 0 unspecified atom stereocenters. The third-order valence-corrected chi connectivity index (χ3v) is 5.50. The Hall–Kier alpha value is -2.53. The molecule has 1 amide bonds. The van der Waals surface area contributed by atoms with E-state index in [2.05, 4.69) is 28.9 Å². The summed E-state index contributed by atoms with van der Waals surface area (Å²) in [4.78, 5) is 19.7. The second-order valence-corrected chi connectivity index (χ2v) is 7.51. The topological polar surface area (TPSA) is 36.0 Å². The predicted molar refractivity (Wildman–Crippen MR) is 119 cm³/mol. The van der Waals surface area contributed by atoms with Crippen LogP contribution in [0.1, 0.15) is 30.1 Å². The van der Waals surface area contributed by atoms with Gasteiger partial charge in [0.25, 0.3) is 5.91 Å². The largest absolute Gasteiger partial charge is 0.495 e. The molecule has 1 saturated heterocycles. The van der Waals surface area contributed by atoms with Crippen LogP contribution in [0.2, 0.25) is 0 Å². The van der Waals surface area contributed by atoms with Crippen LogP contribution in [0.5, 0.6) is 5.75 Å². The third-order valence-electron chi connectivity index (χ3n) is 5.50. The highest BCUT2D eigenvalue weighted by atomic mass is 16.5.